The Morgan fingerprint density at radius 1 is 0.849 bits per heavy atom. The third kappa shape index (κ3) is 11.5. The number of nitrogens with zero attached hydrogens (tertiary/aromatic N) is 2. The zero-order chi connectivity index (χ0) is 38.4. The summed E-state index contributed by atoms with van der Waals surface area (Å²) < 4.78 is 32.6. The van der Waals surface area contributed by atoms with E-state index >= 15 is 4.39 Å². The van der Waals surface area contributed by atoms with Gasteiger partial charge in [0.1, 0.15) is 11.2 Å². The monoisotopic (exact) mass is 750 g/mol. The van der Waals surface area contributed by atoms with Gasteiger partial charge in [-0.15, -0.1) is 0 Å². The molecule has 0 atom stereocenters. The van der Waals surface area contributed by atoms with Crippen LogP contribution in [0, 0.1) is 11.2 Å². The van der Waals surface area contributed by atoms with Crippen molar-refractivity contribution in [2.45, 2.75) is 65.7 Å². The molecule has 1 aromatic heterocycles. The lowest BCUT2D eigenvalue weighted by Gasteiger charge is -2.16. The van der Waals surface area contributed by atoms with Crippen LogP contribution < -0.4 is 24.8 Å². The Labute approximate surface area is 314 Å². The molecule has 2 amide bonds. The first kappa shape index (κ1) is 40.8. The highest BCUT2D eigenvalue weighted by atomic mass is 35.5. The van der Waals surface area contributed by atoms with E-state index in [1.54, 1.807) is 42.5 Å². The number of carbonyl (C=O) groups is 3. The van der Waals surface area contributed by atoms with Crippen LogP contribution in [0.4, 0.5) is 15.8 Å². The second-order valence-corrected chi connectivity index (χ2v) is 13.0. The number of ether oxygens (including phenoxy) is 3. The number of carboxylic acids is 1. The third-order valence-corrected chi connectivity index (χ3v) is 9.22. The zero-order valence-electron chi connectivity index (χ0n) is 30.7. The first-order valence-corrected chi connectivity index (χ1v) is 18.3. The molecule has 13 heteroatoms. The summed E-state index contributed by atoms with van der Waals surface area (Å²) in [5.41, 5.74) is -0.0321. The number of aromatic nitrogens is 1. The number of benzene rings is 3. The number of carbonyl (C=O) groups excluding carboxylic acids is 2. The minimum atomic E-state index is -1.24. The lowest BCUT2D eigenvalue weighted by Crippen LogP contribution is -2.35. The van der Waals surface area contributed by atoms with Crippen molar-refractivity contribution >= 4 is 51.7 Å². The van der Waals surface area contributed by atoms with E-state index in [2.05, 4.69) is 41.3 Å². The number of hydrogen-bond donors (Lipinski definition) is 3. The minimum Gasteiger partial charge on any atom is -0.493 e. The molecular weight excluding hydrogens is 703 g/mol. The standard InChI is InChI=1S/C34H33ClFN3O7.C6H15N/c1-44-29-19-24-26(20-30(29)45-16-5-3-2-4-9-31(40)41)37-15-12-27(24)46-28-11-10-23(18-25(28)36)39-33(43)34(13-14-34)32(42)38-22-8-6-7-21(35)17-22;1-4-7(5-2)6-3/h6-8,10-12,15,17-20H,2-5,9,13-14,16H2,1H3,(H,38,42)(H,39,43)(H,40,41);4-6H2,1-3H3. The summed E-state index contributed by atoms with van der Waals surface area (Å²) in [5, 5.41) is 15.2. The Bertz CT molecular complexity index is 1860. The quantitative estimate of drug-likeness (QED) is 0.0672. The minimum absolute atomic E-state index is 0.0764. The van der Waals surface area contributed by atoms with Crippen LogP contribution in [0.25, 0.3) is 10.9 Å². The van der Waals surface area contributed by atoms with Crippen LogP contribution in [0.15, 0.2) is 66.9 Å². The molecule has 0 radical (unpaired) electrons. The smallest absolute Gasteiger partial charge is 0.303 e. The Morgan fingerprint density at radius 3 is 2.11 bits per heavy atom. The van der Waals surface area contributed by atoms with Crippen molar-refractivity contribution in [2.24, 2.45) is 5.41 Å². The van der Waals surface area contributed by atoms with E-state index in [1.807, 2.05) is 0 Å². The molecule has 11 nitrogen and oxygen atoms in total. The van der Waals surface area contributed by atoms with E-state index < -0.39 is 29.0 Å². The van der Waals surface area contributed by atoms with Crippen LogP contribution in [0.1, 0.15) is 65.7 Å². The number of pyridine rings is 1. The molecule has 3 N–H and O–H groups in total. The van der Waals surface area contributed by atoms with Crippen molar-refractivity contribution in [3.8, 4) is 23.0 Å². The highest BCUT2D eigenvalue weighted by Crippen LogP contribution is 2.48. The SMILES string of the molecule is CCN(CC)CC.COc1cc2c(Oc3ccc(NC(=O)C4(C(=O)Nc5cccc(Cl)c5)CC4)cc3F)ccnc2cc1OCCCCCCC(=O)O. The van der Waals surface area contributed by atoms with Gasteiger partial charge in [-0.2, -0.15) is 0 Å². The summed E-state index contributed by atoms with van der Waals surface area (Å²) in [6.07, 6.45) is 5.46. The van der Waals surface area contributed by atoms with E-state index in [1.165, 1.54) is 45.1 Å². The number of hydrogen-bond acceptors (Lipinski definition) is 8. The normalized spacial score (nSPS) is 12.7. The number of halogens is 2. The van der Waals surface area contributed by atoms with Gasteiger partial charge in [0.15, 0.2) is 23.1 Å². The second-order valence-electron chi connectivity index (χ2n) is 12.6. The van der Waals surface area contributed by atoms with Gasteiger partial charge in [0.2, 0.25) is 11.8 Å². The van der Waals surface area contributed by atoms with E-state index in [-0.39, 0.29) is 17.9 Å². The molecule has 1 aliphatic rings. The molecule has 0 spiro atoms. The Balaban J connectivity index is 0.000000815. The molecule has 0 saturated heterocycles. The fourth-order valence-electron chi connectivity index (χ4n) is 5.60. The summed E-state index contributed by atoms with van der Waals surface area (Å²) in [6.45, 7) is 10.5. The summed E-state index contributed by atoms with van der Waals surface area (Å²) >= 11 is 5.99. The summed E-state index contributed by atoms with van der Waals surface area (Å²) in [4.78, 5) is 43.4. The van der Waals surface area contributed by atoms with Gasteiger partial charge in [-0.1, -0.05) is 51.3 Å². The summed E-state index contributed by atoms with van der Waals surface area (Å²) in [7, 11) is 1.51. The van der Waals surface area contributed by atoms with Crippen LogP contribution in [0.3, 0.4) is 0 Å². The molecule has 3 aromatic carbocycles. The molecule has 1 aliphatic carbocycles. The highest BCUT2D eigenvalue weighted by molar-refractivity contribution is 6.31. The Kier molecular flexibility index (Phi) is 15.2. The molecule has 0 bridgehead atoms. The molecule has 5 rings (SSSR count). The average Bonchev–Trinajstić information content (AvgIpc) is 3.96. The van der Waals surface area contributed by atoms with E-state index in [0.717, 1.165) is 25.3 Å². The molecule has 1 fully saturated rings. The second kappa shape index (κ2) is 19.8. The van der Waals surface area contributed by atoms with Crippen LogP contribution in [0.2, 0.25) is 5.02 Å². The molecule has 0 unspecified atom stereocenters. The molecule has 53 heavy (non-hydrogen) atoms. The predicted octanol–water partition coefficient (Wildman–Crippen LogP) is 8.95. The molecule has 284 valence electrons. The van der Waals surface area contributed by atoms with Crippen LogP contribution in [-0.2, 0) is 14.4 Å². The first-order chi connectivity index (χ1) is 25.5. The largest absolute Gasteiger partial charge is 0.493 e. The van der Waals surface area contributed by atoms with Crippen molar-refractivity contribution in [1.29, 1.82) is 0 Å². The van der Waals surface area contributed by atoms with Gasteiger partial charge >= 0.3 is 5.97 Å². The summed E-state index contributed by atoms with van der Waals surface area (Å²) in [6, 6.07) is 15.7. The third-order valence-electron chi connectivity index (χ3n) is 8.98. The Hall–Kier alpha value is -4.94. The van der Waals surface area contributed by atoms with E-state index in [0.29, 0.717) is 64.7 Å². The maximum absolute atomic E-state index is 15.2. The van der Waals surface area contributed by atoms with Crippen molar-refractivity contribution in [1.82, 2.24) is 9.88 Å². The molecule has 0 aliphatic heterocycles. The lowest BCUT2D eigenvalue weighted by molar-refractivity contribution is -0.137. The molecule has 1 heterocycles. The van der Waals surface area contributed by atoms with Gasteiger partial charge in [0.25, 0.3) is 0 Å². The maximum atomic E-state index is 15.2. The van der Waals surface area contributed by atoms with Gasteiger partial charge in [-0.3, -0.25) is 19.4 Å². The van der Waals surface area contributed by atoms with Gasteiger partial charge in [0.05, 0.1) is 19.2 Å². The van der Waals surface area contributed by atoms with Gasteiger partial charge < -0.3 is 34.9 Å². The molecule has 4 aromatic rings. The molecule has 1 saturated carbocycles. The first-order valence-electron chi connectivity index (χ1n) is 17.9. The Morgan fingerprint density at radius 2 is 1.53 bits per heavy atom. The number of anilines is 2. The van der Waals surface area contributed by atoms with E-state index in [9.17, 15) is 14.4 Å². The van der Waals surface area contributed by atoms with Crippen LogP contribution in [-0.4, -0.2) is 66.1 Å². The van der Waals surface area contributed by atoms with Crippen LogP contribution >= 0.6 is 11.6 Å². The number of carboxylic acid groups (broad SMARTS) is 1. The van der Waals surface area contributed by atoms with Crippen LogP contribution in [0.5, 0.6) is 23.0 Å². The average molecular weight is 751 g/mol. The van der Waals surface area contributed by atoms with Gasteiger partial charge in [-0.05, 0) is 87.8 Å². The number of fused-ring (bicyclic) bond motifs is 1. The van der Waals surface area contributed by atoms with Gasteiger partial charge in [0, 0.05) is 46.5 Å². The van der Waals surface area contributed by atoms with Gasteiger partial charge in [-0.25, -0.2) is 4.39 Å². The fourth-order valence-corrected chi connectivity index (χ4v) is 5.79. The van der Waals surface area contributed by atoms with E-state index in [4.69, 9.17) is 30.9 Å². The van der Waals surface area contributed by atoms with Crippen molar-refractivity contribution in [3.63, 3.8) is 0 Å². The number of amides is 2. The highest BCUT2D eigenvalue weighted by Gasteiger charge is 2.56. The number of rotatable bonds is 18. The van der Waals surface area contributed by atoms with Crippen molar-refractivity contribution in [3.05, 3.63) is 77.7 Å². The van der Waals surface area contributed by atoms with Crippen molar-refractivity contribution in [2.75, 3.05) is 44.0 Å². The number of unbranched alkanes of at least 4 members (excludes halogenated alkanes) is 3. The summed E-state index contributed by atoms with van der Waals surface area (Å²) in [5.74, 6) is -1.29. The fraction of sp³-hybridized carbons (Fsp3) is 0.400. The number of methoxy groups -OCH3 is 1. The number of nitrogens with one attached hydrogen (secondary N) is 2. The maximum Gasteiger partial charge on any atom is 0.303 e. The van der Waals surface area contributed by atoms with Crippen molar-refractivity contribution < 1.29 is 38.1 Å². The lowest BCUT2D eigenvalue weighted by atomic mass is 10.0. The molecular formula is C40H48ClFN4O7. The predicted molar refractivity (Wildman–Crippen MR) is 205 cm³/mol. The number of aliphatic carboxylic acids is 1. The topological polar surface area (TPSA) is 139 Å². The zero-order valence-corrected chi connectivity index (χ0v) is 31.4.